The van der Waals surface area contributed by atoms with Crippen LogP contribution in [-0.4, -0.2) is 18.4 Å². The van der Waals surface area contributed by atoms with Crippen molar-refractivity contribution in [2.75, 3.05) is 0 Å². The smallest absolute Gasteiger partial charge is 0.426 e. The number of carbonyl (C=O) groups excluding carboxylic acids is 1. The Bertz CT molecular complexity index is 224. The van der Waals surface area contributed by atoms with Gasteiger partial charge in [-0.05, 0) is 6.42 Å². The molecule has 3 nitrogen and oxygen atoms in total. The summed E-state index contributed by atoms with van der Waals surface area (Å²) in [6.07, 6.45) is 4.93. The summed E-state index contributed by atoms with van der Waals surface area (Å²) < 4.78 is 10.0. The Morgan fingerprint density at radius 2 is 1.73 bits per heavy atom. The van der Waals surface area contributed by atoms with Gasteiger partial charge in [0.15, 0.2) is 0 Å². The Morgan fingerprint density at radius 3 is 2.27 bits per heavy atom. The van der Waals surface area contributed by atoms with Gasteiger partial charge < -0.3 is 9.47 Å². The third-order valence-electron chi connectivity index (χ3n) is 2.78. The van der Waals surface area contributed by atoms with Crippen LogP contribution in [0.1, 0.15) is 6.42 Å². The summed E-state index contributed by atoms with van der Waals surface area (Å²) >= 11 is 0. The van der Waals surface area contributed by atoms with Crippen molar-refractivity contribution >= 4 is 6.16 Å². The number of hydrogen-bond donors (Lipinski definition) is 0. The van der Waals surface area contributed by atoms with Crippen molar-refractivity contribution in [2.24, 2.45) is 11.8 Å². The van der Waals surface area contributed by atoms with Crippen LogP contribution in [0.5, 0.6) is 0 Å². The van der Waals surface area contributed by atoms with E-state index in [9.17, 15) is 4.79 Å². The minimum Gasteiger partial charge on any atom is -0.426 e. The van der Waals surface area contributed by atoms with Gasteiger partial charge in [0, 0.05) is 11.8 Å². The highest BCUT2D eigenvalue weighted by molar-refractivity contribution is 5.63. The van der Waals surface area contributed by atoms with E-state index in [1.54, 1.807) is 0 Å². The molecule has 0 radical (unpaired) electrons. The molecule has 0 aromatic heterocycles. The van der Waals surface area contributed by atoms with Gasteiger partial charge in [-0.25, -0.2) is 4.79 Å². The molecule has 1 aliphatic heterocycles. The fourth-order valence-corrected chi connectivity index (χ4v) is 2.29. The third kappa shape index (κ3) is 0.564. The van der Waals surface area contributed by atoms with Crippen LogP contribution < -0.4 is 0 Å². The number of ether oxygens (including phenoxy) is 2. The van der Waals surface area contributed by atoms with Crippen LogP contribution in [0.3, 0.4) is 0 Å². The van der Waals surface area contributed by atoms with Gasteiger partial charge in [-0.15, -0.1) is 0 Å². The highest BCUT2D eigenvalue weighted by atomic mass is 16.8. The highest BCUT2D eigenvalue weighted by Crippen LogP contribution is 2.45. The zero-order chi connectivity index (χ0) is 7.42. The van der Waals surface area contributed by atoms with Crippen LogP contribution in [0.4, 0.5) is 4.79 Å². The molecule has 3 heteroatoms. The molecule has 11 heavy (non-hydrogen) atoms. The van der Waals surface area contributed by atoms with Crippen LogP contribution in [0.2, 0.25) is 0 Å². The molecule has 58 valence electrons. The minimum absolute atomic E-state index is 0.0255. The van der Waals surface area contributed by atoms with Crippen molar-refractivity contribution < 1.29 is 14.3 Å². The molecule has 0 spiro atoms. The predicted octanol–water partition coefficient (Wildman–Crippen LogP) is 1.10. The molecule has 1 saturated carbocycles. The first kappa shape index (κ1) is 5.63. The van der Waals surface area contributed by atoms with Crippen molar-refractivity contribution in [3.05, 3.63) is 12.2 Å². The summed E-state index contributed by atoms with van der Waals surface area (Å²) in [6.45, 7) is 0. The molecule has 0 aromatic carbocycles. The van der Waals surface area contributed by atoms with E-state index >= 15 is 0 Å². The summed E-state index contributed by atoms with van der Waals surface area (Å²) in [6, 6.07) is 0. The first-order valence-corrected chi connectivity index (χ1v) is 3.90. The average molecular weight is 152 g/mol. The maximum Gasteiger partial charge on any atom is 0.509 e. The third-order valence-corrected chi connectivity index (χ3v) is 2.78. The Kier molecular flexibility index (Phi) is 0.819. The summed E-state index contributed by atoms with van der Waals surface area (Å²) in [7, 11) is 0. The standard InChI is InChI=1S/C8H8O3/c9-8-10-6-4-1-2-5(3-4)7(6)11-8/h1-2,4-7H,3H2. The lowest BCUT2D eigenvalue weighted by Crippen LogP contribution is -2.26. The number of fused-ring (bicyclic) bond motifs is 5. The highest BCUT2D eigenvalue weighted by Gasteiger charge is 2.53. The molecule has 2 bridgehead atoms. The van der Waals surface area contributed by atoms with E-state index in [1.807, 2.05) is 0 Å². The zero-order valence-corrected chi connectivity index (χ0v) is 5.90. The minimum atomic E-state index is -0.488. The van der Waals surface area contributed by atoms with Gasteiger partial charge >= 0.3 is 6.16 Å². The van der Waals surface area contributed by atoms with E-state index in [4.69, 9.17) is 9.47 Å². The molecule has 0 amide bonds. The van der Waals surface area contributed by atoms with Crippen molar-refractivity contribution in [3.8, 4) is 0 Å². The molecule has 4 unspecified atom stereocenters. The molecule has 0 aromatic rings. The van der Waals surface area contributed by atoms with E-state index in [-0.39, 0.29) is 12.2 Å². The lowest BCUT2D eigenvalue weighted by atomic mass is 10.0. The lowest BCUT2D eigenvalue weighted by Gasteiger charge is -2.14. The van der Waals surface area contributed by atoms with Gasteiger partial charge in [0.2, 0.25) is 0 Å². The summed E-state index contributed by atoms with van der Waals surface area (Å²) in [5, 5.41) is 0. The van der Waals surface area contributed by atoms with Gasteiger partial charge in [0.05, 0.1) is 0 Å². The molecule has 1 heterocycles. The molecular weight excluding hydrogens is 144 g/mol. The zero-order valence-electron chi connectivity index (χ0n) is 5.90. The van der Waals surface area contributed by atoms with E-state index in [0.29, 0.717) is 11.8 Å². The topological polar surface area (TPSA) is 35.5 Å². The fraction of sp³-hybridized carbons (Fsp3) is 0.625. The Morgan fingerprint density at radius 1 is 1.18 bits per heavy atom. The molecule has 2 aliphatic carbocycles. The predicted molar refractivity (Wildman–Crippen MR) is 35.9 cm³/mol. The van der Waals surface area contributed by atoms with Crippen molar-refractivity contribution in [2.45, 2.75) is 18.6 Å². The Hall–Kier alpha value is -0.990. The van der Waals surface area contributed by atoms with E-state index in [1.165, 1.54) is 0 Å². The molecule has 0 N–H and O–H groups in total. The van der Waals surface area contributed by atoms with Crippen molar-refractivity contribution in [1.82, 2.24) is 0 Å². The fourth-order valence-electron chi connectivity index (χ4n) is 2.29. The second-order valence-electron chi connectivity index (χ2n) is 3.36. The Balaban J connectivity index is 1.97. The second-order valence-corrected chi connectivity index (χ2v) is 3.36. The van der Waals surface area contributed by atoms with Gasteiger partial charge in [-0.1, -0.05) is 12.2 Å². The number of carbonyl (C=O) groups is 1. The summed E-state index contributed by atoms with van der Waals surface area (Å²) in [5.74, 6) is 0.855. The molecule has 2 fully saturated rings. The second kappa shape index (κ2) is 1.60. The van der Waals surface area contributed by atoms with Crippen molar-refractivity contribution in [1.29, 1.82) is 0 Å². The molecule has 3 rings (SSSR count). The Labute approximate surface area is 64.0 Å². The maximum absolute atomic E-state index is 10.7. The average Bonchev–Trinajstić information content (AvgIpc) is 2.53. The molecular formula is C8H8O3. The van der Waals surface area contributed by atoms with Crippen LogP contribution in [0.25, 0.3) is 0 Å². The monoisotopic (exact) mass is 152 g/mol. The quantitative estimate of drug-likeness (QED) is 0.385. The largest absolute Gasteiger partial charge is 0.509 e. The van der Waals surface area contributed by atoms with Gasteiger partial charge in [0.25, 0.3) is 0 Å². The SMILES string of the molecule is O=C1OC2C3C=CC(C3)C2O1. The van der Waals surface area contributed by atoms with Crippen molar-refractivity contribution in [3.63, 3.8) is 0 Å². The van der Waals surface area contributed by atoms with Crippen LogP contribution >= 0.6 is 0 Å². The molecule has 1 saturated heterocycles. The first-order valence-electron chi connectivity index (χ1n) is 3.90. The number of hydrogen-bond acceptors (Lipinski definition) is 3. The van der Waals surface area contributed by atoms with Gasteiger partial charge in [0.1, 0.15) is 12.2 Å². The van der Waals surface area contributed by atoms with E-state index < -0.39 is 6.16 Å². The normalized spacial score (nSPS) is 50.7. The first-order chi connectivity index (χ1) is 5.34. The van der Waals surface area contributed by atoms with Crippen LogP contribution in [0, 0.1) is 11.8 Å². The maximum atomic E-state index is 10.7. The van der Waals surface area contributed by atoms with E-state index in [0.717, 1.165) is 6.42 Å². The molecule has 3 aliphatic rings. The molecule has 4 atom stereocenters. The lowest BCUT2D eigenvalue weighted by molar-refractivity contribution is 0.102. The van der Waals surface area contributed by atoms with Crippen LogP contribution in [-0.2, 0) is 9.47 Å². The van der Waals surface area contributed by atoms with E-state index in [2.05, 4.69) is 12.2 Å². The summed E-state index contributed by atoms with van der Waals surface area (Å²) in [4.78, 5) is 10.7. The van der Waals surface area contributed by atoms with Gasteiger partial charge in [-0.3, -0.25) is 0 Å². The number of rotatable bonds is 0. The van der Waals surface area contributed by atoms with Gasteiger partial charge in [-0.2, -0.15) is 0 Å². The summed E-state index contributed by atoms with van der Waals surface area (Å²) in [5.41, 5.74) is 0. The van der Waals surface area contributed by atoms with Crippen LogP contribution in [0.15, 0.2) is 12.2 Å².